The topological polar surface area (TPSA) is 69.0 Å². The van der Waals surface area contributed by atoms with E-state index in [9.17, 15) is 4.79 Å². The summed E-state index contributed by atoms with van der Waals surface area (Å²) in [6, 6.07) is 14.4. The fraction of sp³-hybridized carbons (Fsp3) is 0.348. The number of methoxy groups -OCH3 is 1. The molecule has 0 saturated carbocycles. The third-order valence-corrected chi connectivity index (χ3v) is 5.71. The maximum Gasteiger partial charge on any atom is 0.274 e. The molecule has 0 saturated heterocycles. The molecular weight excluding hydrogens is 364 g/mol. The summed E-state index contributed by atoms with van der Waals surface area (Å²) >= 11 is 0. The number of rotatable bonds is 6. The van der Waals surface area contributed by atoms with Gasteiger partial charge in [0.25, 0.3) is 5.91 Å². The zero-order valence-electron chi connectivity index (χ0n) is 17.1. The van der Waals surface area contributed by atoms with E-state index in [-0.39, 0.29) is 11.9 Å². The number of nitrogens with zero attached hydrogens (tertiary/aromatic N) is 3. The molecule has 1 amide bonds. The maximum atomic E-state index is 12.9. The summed E-state index contributed by atoms with van der Waals surface area (Å²) < 4.78 is 7.23. The molecule has 1 aliphatic rings. The molecule has 0 fully saturated rings. The average Bonchev–Trinajstić information content (AvgIpc) is 3.32. The summed E-state index contributed by atoms with van der Waals surface area (Å²) in [4.78, 5) is 12.9. The van der Waals surface area contributed by atoms with Crippen molar-refractivity contribution >= 4 is 5.91 Å². The molecule has 4 rings (SSSR count). The van der Waals surface area contributed by atoms with Gasteiger partial charge in [0, 0.05) is 0 Å². The highest BCUT2D eigenvalue weighted by Gasteiger charge is 2.28. The van der Waals surface area contributed by atoms with Crippen LogP contribution in [0.4, 0.5) is 0 Å². The third kappa shape index (κ3) is 3.75. The Balaban J connectivity index is 1.48. The van der Waals surface area contributed by atoms with Gasteiger partial charge in [0.05, 0.1) is 25.4 Å². The maximum absolute atomic E-state index is 12.9. The van der Waals surface area contributed by atoms with E-state index < -0.39 is 0 Å². The molecule has 0 spiro atoms. The van der Waals surface area contributed by atoms with Gasteiger partial charge in [-0.25, -0.2) is 4.68 Å². The Kier molecular flexibility index (Phi) is 5.34. The highest BCUT2D eigenvalue weighted by Crippen LogP contribution is 2.36. The Labute approximate surface area is 170 Å². The Morgan fingerprint density at radius 1 is 1.21 bits per heavy atom. The van der Waals surface area contributed by atoms with E-state index >= 15 is 0 Å². The number of carbonyl (C=O) groups is 1. The minimum Gasteiger partial charge on any atom is -0.496 e. The van der Waals surface area contributed by atoms with Crippen LogP contribution >= 0.6 is 0 Å². The van der Waals surface area contributed by atoms with E-state index in [1.807, 2.05) is 19.1 Å². The molecule has 1 aliphatic carbocycles. The van der Waals surface area contributed by atoms with E-state index in [2.05, 4.69) is 52.9 Å². The lowest BCUT2D eigenvalue weighted by Gasteiger charge is -2.14. The largest absolute Gasteiger partial charge is 0.496 e. The van der Waals surface area contributed by atoms with Gasteiger partial charge in [-0.1, -0.05) is 48.5 Å². The molecule has 1 aromatic heterocycles. The van der Waals surface area contributed by atoms with Crippen molar-refractivity contribution in [2.75, 3.05) is 7.11 Å². The highest BCUT2D eigenvalue weighted by molar-refractivity contribution is 5.93. The van der Waals surface area contributed by atoms with Crippen LogP contribution in [0.2, 0.25) is 0 Å². The van der Waals surface area contributed by atoms with Gasteiger partial charge in [0.15, 0.2) is 5.69 Å². The molecule has 0 radical (unpaired) electrons. The van der Waals surface area contributed by atoms with Gasteiger partial charge in [-0.2, -0.15) is 0 Å². The number of fused-ring (bicyclic) bond motifs is 1. The second kappa shape index (κ2) is 8.07. The molecule has 1 N–H and O–H groups in total. The first kappa shape index (κ1) is 19.2. The lowest BCUT2D eigenvalue weighted by molar-refractivity contribution is 0.0931. The van der Waals surface area contributed by atoms with Gasteiger partial charge in [0.2, 0.25) is 0 Å². The number of hydrogen-bond acceptors (Lipinski definition) is 4. The van der Waals surface area contributed by atoms with Crippen molar-refractivity contribution in [1.29, 1.82) is 0 Å². The van der Waals surface area contributed by atoms with Crippen LogP contribution < -0.4 is 10.1 Å². The molecule has 1 heterocycles. The molecule has 0 aliphatic heterocycles. The second-order valence-corrected chi connectivity index (χ2v) is 7.44. The molecule has 150 valence electrons. The van der Waals surface area contributed by atoms with Crippen LogP contribution in [0.5, 0.6) is 5.75 Å². The van der Waals surface area contributed by atoms with Crippen molar-refractivity contribution in [3.05, 3.63) is 76.1 Å². The molecular formula is C23H26N4O2. The quantitative estimate of drug-likeness (QED) is 0.698. The van der Waals surface area contributed by atoms with Crippen LogP contribution in [-0.4, -0.2) is 28.0 Å². The number of ether oxygens (including phenoxy) is 1. The zero-order chi connectivity index (χ0) is 20.4. The van der Waals surface area contributed by atoms with Crippen LogP contribution in [0.3, 0.4) is 0 Å². The van der Waals surface area contributed by atoms with Crippen molar-refractivity contribution in [2.45, 2.75) is 45.7 Å². The van der Waals surface area contributed by atoms with Crippen molar-refractivity contribution < 1.29 is 9.53 Å². The van der Waals surface area contributed by atoms with Gasteiger partial charge in [-0.05, 0) is 54.5 Å². The van der Waals surface area contributed by atoms with Gasteiger partial charge >= 0.3 is 0 Å². The van der Waals surface area contributed by atoms with Crippen LogP contribution in [0, 0.1) is 6.92 Å². The number of carbonyl (C=O) groups excluding carboxylic acids is 1. The molecule has 0 bridgehead atoms. The fourth-order valence-electron chi connectivity index (χ4n) is 3.96. The summed E-state index contributed by atoms with van der Waals surface area (Å²) in [5.41, 5.74) is 5.89. The zero-order valence-corrected chi connectivity index (χ0v) is 17.1. The van der Waals surface area contributed by atoms with E-state index in [0.29, 0.717) is 12.2 Å². The molecule has 1 atom stereocenters. The molecule has 6 nitrogen and oxygen atoms in total. The predicted molar refractivity (Wildman–Crippen MR) is 111 cm³/mol. The van der Waals surface area contributed by atoms with Crippen LogP contribution in [0.1, 0.15) is 57.8 Å². The minimum atomic E-state index is -0.184. The minimum absolute atomic E-state index is 0.0289. The first-order valence-corrected chi connectivity index (χ1v) is 10.0. The lowest BCUT2D eigenvalue weighted by atomic mass is 10.1. The number of benzene rings is 2. The van der Waals surface area contributed by atoms with Crippen molar-refractivity contribution in [2.24, 2.45) is 0 Å². The Bertz CT molecular complexity index is 1020. The molecule has 2 aromatic carbocycles. The molecule has 29 heavy (non-hydrogen) atoms. The fourth-order valence-corrected chi connectivity index (χ4v) is 3.96. The number of hydrogen-bond donors (Lipinski definition) is 1. The van der Waals surface area contributed by atoms with Crippen LogP contribution in [0.15, 0.2) is 42.5 Å². The van der Waals surface area contributed by atoms with Gasteiger partial charge in [-0.15, -0.1) is 5.10 Å². The highest BCUT2D eigenvalue weighted by atomic mass is 16.5. The van der Waals surface area contributed by atoms with Crippen LogP contribution in [-0.2, 0) is 19.4 Å². The van der Waals surface area contributed by atoms with Gasteiger partial charge < -0.3 is 10.1 Å². The lowest BCUT2D eigenvalue weighted by Crippen LogP contribution is -2.28. The Morgan fingerprint density at radius 2 is 1.97 bits per heavy atom. The third-order valence-electron chi connectivity index (χ3n) is 5.71. The normalized spacial score (nSPS) is 15.2. The van der Waals surface area contributed by atoms with Crippen molar-refractivity contribution in [3.8, 4) is 5.75 Å². The van der Waals surface area contributed by atoms with E-state index in [1.54, 1.807) is 11.8 Å². The molecule has 3 aromatic rings. The smallest absolute Gasteiger partial charge is 0.274 e. The first-order chi connectivity index (χ1) is 14.1. The molecule has 1 unspecified atom stereocenters. The van der Waals surface area contributed by atoms with E-state index in [0.717, 1.165) is 41.8 Å². The summed E-state index contributed by atoms with van der Waals surface area (Å²) in [6.45, 7) is 4.63. The summed E-state index contributed by atoms with van der Waals surface area (Å²) in [5, 5.41) is 11.5. The van der Waals surface area contributed by atoms with Crippen LogP contribution in [0.25, 0.3) is 0 Å². The predicted octanol–water partition coefficient (Wildman–Crippen LogP) is 3.62. The van der Waals surface area contributed by atoms with E-state index in [4.69, 9.17) is 4.74 Å². The summed E-state index contributed by atoms with van der Waals surface area (Å²) in [6.07, 6.45) is 2.77. The number of amides is 1. The van der Waals surface area contributed by atoms with Gasteiger partial charge in [-0.3, -0.25) is 4.79 Å². The van der Waals surface area contributed by atoms with Gasteiger partial charge in [0.1, 0.15) is 5.75 Å². The SMILES string of the molecule is CCc1ccc(Cn2nnc(C(=O)NC3CCc4c(OC)cccc43)c2C)cc1. The summed E-state index contributed by atoms with van der Waals surface area (Å²) in [7, 11) is 1.68. The van der Waals surface area contributed by atoms with Crippen molar-refractivity contribution in [1.82, 2.24) is 20.3 Å². The Morgan fingerprint density at radius 3 is 2.69 bits per heavy atom. The first-order valence-electron chi connectivity index (χ1n) is 10.0. The molecule has 6 heteroatoms. The second-order valence-electron chi connectivity index (χ2n) is 7.44. The van der Waals surface area contributed by atoms with E-state index in [1.165, 1.54) is 11.1 Å². The number of aromatic nitrogens is 3. The Hall–Kier alpha value is -3.15. The standard InChI is InChI=1S/C23H26N4O2/c1-4-16-8-10-17(11-9-16)14-27-15(2)22(25-26-27)23(28)24-20-13-12-19-18(20)6-5-7-21(19)29-3/h5-11,20H,4,12-14H2,1-3H3,(H,24,28). The number of nitrogens with one attached hydrogen (secondary N) is 1. The monoisotopic (exact) mass is 390 g/mol. The average molecular weight is 390 g/mol. The number of aryl methyl sites for hydroxylation is 1. The summed E-state index contributed by atoms with van der Waals surface area (Å²) in [5.74, 6) is 0.700. The van der Waals surface area contributed by atoms with Crippen molar-refractivity contribution in [3.63, 3.8) is 0 Å².